The highest BCUT2D eigenvalue weighted by molar-refractivity contribution is 9.10. The maximum Gasteiger partial charge on any atom is 0.229 e. The summed E-state index contributed by atoms with van der Waals surface area (Å²) in [5.41, 5.74) is 1.07. The van der Waals surface area contributed by atoms with Crippen LogP contribution in [0.15, 0.2) is 47.2 Å². The highest BCUT2D eigenvalue weighted by Crippen LogP contribution is 2.19. The Hall–Kier alpha value is -1.42. The minimum absolute atomic E-state index is 0.685. The molecule has 0 amide bonds. The Morgan fingerprint density at radius 1 is 1.07 bits per heavy atom. The number of hydrogen-bond acceptors (Lipinski definition) is 3. The molecule has 0 aliphatic carbocycles. The Morgan fingerprint density at radius 2 is 1.67 bits per heavy atom. The molecule has 1 aromatic heterocycles. The smallest absolute Gasteiger partial charge is 0.229 e. The quantitative estimate of drug-likeness (QED) is 0.834. The lowest BCUT2D eigenvalue weighted by molar-refractivity contribution is 1.04. The second kappa shape index (κ2) is 4.40. The summed E-state index contributed by atoms with van der Waals surface area (Å²) in [4.78, 5) is 10.4. The first kappa shape index (κ1) is 10.1. The fraction of sp³-hybridized carbons (Fsp3) is 0.0909. The summed E-state index contributed by atoms with van der Waals surface area (Å²) in [6.45, 7) is 0. The Labute approximate surface area is 96.9 Å². The highest BCUT2D eigenvalue weighted by Gasteiger charge is 2.04. The normalized spacial score (nSPS) is 10.0. The molecule has 0 radical (unpaired) electrons. The number of para-hydroxylation sites is 1. The minimum atomic E-state index is 0.685. The number of halogens is 1. The third-order valence-corrected chi connectivity index (χ3v) is 2.46. The van der Waals surface area contributed by atoms with E-state index in [-0.39, 0.29) is 0 Å². The van der Waals surface area contributed by atoms with Gasteiger partial charge in [-0.15, -0.1) is 0 Å². The van der Waals surface area contributed by atoms with Crippen LogP contribution in [0.3, 0.4) is 0 Å². The summed E-state index contributed by atoms with van der Waals surface area (Å²) < 4.78 is 0.882. The molecule has 0 fully saturated rings. The van der Waals surface area contributed by atoms with Gasteiger partial charge in [-0.05, 0) is 28.1 Å². The SMILES string of the molecule is CN(c1ccccc1)c1ncc(Br)cn1. The van der Waals surface area contributed by atoms with E-state index in [1.807, 2.05) is 42.3 Å². The Kier molecular flexibility index (Phi) is 2.97. The lowest BCUT2D eigenvalue weighted by Gasteiger charge is -2.16. The highest BCUT2D eigenvalue weighted by atomic mass is 79.9. The van der Waals surface area contributed by atoms with Crippen molar-refractivity contribution in [2.45, 2.75) is 0 Å². The molecule has 3 nitrogen and oxygen atoms in total. The molecule has 1 aromatic carbocycles. The van der Waals surface area contributed by atoms with Gasteiger partial charge in [-0.1, -0.05) is 18.2 Å². The van der Waals surface area contributed by atoms with Gasteiger partial charge in [-0.3, -0.25) is 0 Å². The maximum atomic E-state index is 4.22. The predicted molar refractivity (Wildman–Crippen MR) is 64.2 cm³/mol. The maximum absolute atomic E-state index is 4.22. The van der Waals surface area contributed by atoms with Crippen LogP contribution in [0.25, 0.3) is 0 Å². The van der Waals surface area contributed by atoms with Gasteiger partial charge in [0, 0.05) is 25.1 Å². The summed E-state index contributed by atoms with van der Waals surface area (Å²) >= 11 is 3.31. The van der Waals surface area contributed by atoms with E-state index in [9.17, 15) is 0 Å². The van der Waals surface area contributed by atoms with E-state index in [4.69, 9.17) is 0 Å². The second-order valence-electron chi connectivity index (χ2n) is 3.10. The van der Waals surface area contributed by atoms with Gasteiger partial charge in [0.15, 0.2) is 0 Å². The molecule has 2 aromatic rings. The van der Waals surface area contributed by atoms with Crippen LogP contribution in [0.4, 0.5) is 11.6 Å². The molecule has 0 aliphatic rings. The van der Waals surface area contributed by atoms with Gasteiger partial charge in [0.2, 0.25) is 5.95 Å². The zero-order chi connectivity index (χ0) is 10.7. The standard InChI is InChI=1S/C11H10BrN3/c1-15(10-5-3-2-4-6-10)11-13-7-9(12)8-14-11/h2-8H,1H3. The first-order chi connectivity index (χ1) is 7.27. The topological polar surface area (TPSA) is 29.0 Å². The fourth-order valence-electron chi connectivity index (χ4n) is 1.25. The van der Waals surface area contributed by atoms with Crippen LogP contribution in [-0.4, -0.2) is 17.0 Å². The Balaban J connectivity index is 2.29. The second-order valence-corrected chi connectivity index (χ2v) is 4.01. The van der Waals surface area contributed by atoms with Crippen molar-refractivity contribution in [3.63, 3.8) is 0 Å². The third kappa shape index (κ3) is 2.33. The van der Waals surface area contributed by atoms with E-state index in [1.165, 1.54) is 0 Å². The number of aromatic nitrogens is 2. The van der Waals surface area contributed by atoms with Crippen molar-refractivity contribution >= 4 is 27.6 Å². The van der Waals surface area contributed by atoms with Crippen molar-refractivity contribution in [1.82, 2.24) is 9.97 Å². The molecule has 0 saturated carbocycles. The molecule has 0 bridgehead atoms. The van der Waals surface area contributed by atoms with Crippen LogP contribution in [0, 0.1) is 0 Å². The van der Waals surface area contributed by atoms with Gasteiger partial charge in [-0.2, -0.15) is 0 Å². The molecule has 2 rings (SSSR count). The van der Waals surface area contributed by atoms with Crippen molar-refractivity contribution in [2.24, 2.45) is 0 Å². The molecule has 0 aliphatic heterocycles. The zero-order valence-corrected chi connectivity index (χ0v) is 9.85. The van der Waals surface area contributed by atoms with Gasteiger partial charge in [0.05, 0.1) is 4.47 Å². The fourth-order valence-corrected chi connectivity index (χ4v) is 1.45. The summed E-state index contributed by atoms with van der Waals surface area (Å²) in [7, 11) is 1.94. The first-order valence-electron chi connectivity index (χ1n) is 4.54. The number of anilines is 2. The van der Waals surface area contributed by atoms with Crippen LogP contribution in [0.5, 0.6) is 0 Å². The molecule has 0 atom stereocenters. The van der Waals surface area contributed by atoms with Gasteiger partial charge in [0.1, 0.15) is 0 Å². The summed E-state index contributed by atoms with van der Waals surface area (Å²) in [6, 6.07) is 10.0. The lowest BCUT2D eigenvalue weighted by Crippen LogP contribution is -2.12. The van der Waals surface area contributed by atoms with Crippen LogP contribution >= 0.6 is 15.9 Å². The number of rotatable bonds is 2. The van der Waals surface area contributed by atoms with Crippen LogP contribution in [0.1, 0.15) is 0 Å². The van der Waals surface area contributed by atoms with Crippen LogP contribution in [0.2, 0.25) is 0 Å². The Bertz CT molecular complexity index is 427. The minimum Gasteiger partial charge on any atom is -0.314 e. The van der Waals surface area contributed by atoms with Gasteiger partial charge < -0.3 is 4.90 Å². The van der Waals surface area contributed by atoms with Crippen molar-refractivity contribution in [3.8, 4) is 0 Å². The molecule has 0 N–H and O–H groups in total. The largest absolute Gasteiger partial charge is 0.314 e. The van der Waals surface area contributed by atoms with Crippen molar-refractivity contribution in [3.05, 3.63) is 47.2 Å². The van der Waals surface area contributed by atoms with Crippen molar-refractivity contribution in [2.75, 3.05) is 11.9 Å². The summed E-state index contributed by atoms with van der Waals surface area (Å²) in [5, 5.41) is 0. The summed E-state index contributed by atoms with van der Waals surface area (Å²) in [6.07, 6.45) is 3.48. The monoisotopic (exact) mass is 263 g/mol. The molecular formula is C11H10BrN3. The van der Waals surface area contributed by atoms with E-state index in [1.54, 1.807) is 12.4 Å². The van der Waals surface area contributed by atoms with Gasteiger partial charge >= 0.3 is 0 Å². The lowest BCUT2D eigenvalue weighted by atomic mass is 10.3. The zero-order valence-electron chi connectivity index (χ0n) is 8.26. The number of benzene rings is 1. The van der Waals surface area contributed by atoms with Crippen molar-refractivity contribution < 1.29 is 0 Å². The van der Waals surface area contributed by atoms with E-state index >= 15 is 0 Å². The molecule has 15 heavy (non-hydrogen) atoms. The molecule has 76 valence electrons. The van der Waals surface area contributed by atoms with Crippen LogP contribution in [-0.2, 0) is 0 Å². The average Bonchev–Trinajstić information content (AvgIpc) is 2.30. The van der Waals surface area contributed by atoms with E-state index in [0.717, 1.165) is 10.2 Å². The molecular weight excluding hydrogens is 254 g/mol. The van der Waals surface area contributed by atoms with Crippen molar-refractivity contribution in [1.29, 1.82) is 0 Å². The van der Waals surface area contributed by atoms with E-state index < -0.39 is 0 Å². The molecule has 0 saturated heterocycles. The van der Waals surface area contributed by atoms with Crippen LogP contribution < -0.4 is 4.90 Å². The summed E-state index contributed by atoms with van der Waals surface area (Å²) in [5.74, 6) is 0.685. The Morgan fingerprint density at radius 3 is 2.27 bits per heavy atom. The van der Waals surface area contributed by atoms with E-state index in [2.05, 4.69) is 25.9 Å². The molecule has 1 heterocycles. The molecule has 0 unspecified atom stereocenters. The van der Waals surface area contributed by atoms with Gasteiger partial charge in [0.25, 0.3) is 0 Å². The predicted octanol–water partition coefficient (Wildman–Crippen LogP) is 3.01. The molecule has 4 heteroatoms. The van der Waals surface area contributed by atoms with Gasteiger partial charge in [-0.25, -0.2) is 9.97 Å². The van der Waals surface area contributed by atoms with E-state index in [0.29, 0.717) is 5.95 Å². The third-order valence-electron chi connectivity index (χ3n) is 2.05. The molecule has 0 spiro atoms. The average molecular weight is 264 g/mol. The number of nitrogens with zero attached hydrogens (tertiary/aromatic N) is 3. The first-order valence-corrected chi connectivity index (χ1v) is 5.33. The number of hydrogen-bond donors (Lipinski definition) is 0.